The van der Waals surface area contributed by atoms with Crippen molar-refractivity contribution in [2.24, 2.45) is 5.73 Å². The Hall–Kier alpha value is -3.63. The highest BCUT2D eigenvalue weighted by atomic mass is 16.4. The molecule has 1 unspecified atom stereocenters. The molecule has 1 atom stereocenters. The van der Waals surface area contributed by atoms with Gasteiger partial charge in [-0.1, -0.05) is 13.8 Å². The van der Waals surface area contributed by atoms with Gasteiger partial charge in [-0.15, -0.1) is 0 Å². The molecule has 4 rings (SSSR count). The Morgan fingerprint density at radius 2 is 1.83 bits per heavy atom. The Balaban J connectivity index is 1.64. The van der Waals surface area contributed by atoms with Crippen LogP contribution in [0.5, 0.6) is 0 Å². The van der Waals surface area contributed by atoms with E-state index in [0.29, 0.717) is 24.9 Å². The monoisotopic (exact) mass is 482 g/mol. The second kappa shape index (κ2) is 10.7. The molecule has 11 heteroatoms. The molecule has 0 bridgehead atoms. The van der Waals surface area contributed by atoms with Gasteiger partial charge in [0.05, 0.1) is 0 Å². The third-order valence-electron chi connectivity index (χ3n) is 6.44. The number of aromatic nitrogens is 3. The number of nitrogens with one attached hydrogen (secondary N) is 2. The van der Waals surface area contributed by atoms with Crippen LogP contribution in [0.1, 0.15) is 67.9 Å². The van der Waals surface area contributed by atoms with Gasteiger partial charge in [0.15, 0.2) is 0 Å². The van der Waals surface area contributed by atoms with Gasteiger partial charge in [-0.25, -0.2) is 14.8 Å². The number of amides is 2. The number of hydrogen-bond acceptors (Lipinski definition) is 8. The van der Waals surface area contributed by atoms with Gasteiger partial charge in [0.2, 0.25) is 5.95 Å². The van der Waals surface area contributed by atoms with Crippen LogP contribution < -0.4 is 26.2 Å². The molecule has 2 aliphatic heterocycles. The Bertz CT molecular complexity index is 1070. The number of nitrogens with zero attached hydrogens (tertiary/aromatic N) is 5. The van der Waals surface area contributed by atoms with E-state index in [2.05, 4.69) is 39.3 Å². The molecule has 0 aromatic carbocycles. The SMILES string of the molecule is CC(C)c1cc(Nc2nc(N3CCCC(NC(=O)O)C3)ncc2C(N)=O)cc(N2CCCCC2)n1. The van der Waals surface area contributed by atoms with Crippen LogP contribution in [0.25, 0.3) is 0 Å². The second-order valence-electron chi connectivity index (χ2n) is 9.50. The summed E-state index contributed by atoms with van der Waals surface area (Å²) in [5, 5.41) is 14.9. The molecule has 0 aliphatic carbocycles. The smallest absolute Gasteiger partial charge is 0.404 e. The molecular formula is C24H34N8O3. The van der Waals surface area contributed by atoms with E-state index in [0.717, 1.165) is 56.0 Å². The minimum Gasteiger partial charge on any atom is -0.465 e. The Morgan fingerprint density at radius 3 is 2.51 bits per heavy atom. The fourth-order valence-electron chi connectivity index (χ4n) is 4.58. The molecule has 2 aromatic heterocycles. The van der Waals surface area contributed by atoms with E-state index < -0.39 is 12.0 Å². The van der Waals surface area contributed by atoms with Crippen LogP contribution in [0.4, 0.5) is 28.1 Å². The maximum Gasteiger partial charge on any atom is 0.404 e. The Labute approximate surface area is 205 Å². The van der Waals surface area contributed by atoms with E-state index in [1.54, 1.807) is 0 Å². The summed E-state index contributed by atoms with van der Waals surface area (Å²) in [5.74, 6) is 1.25. The fourth-order valence-corrected chi connectivity index (χ4v) is 4.58. The lowest BCUT2D eigenvalue weighted by Gasteiger charge is -2.32. The maximum atomic E-state index is 12.2. The zero-order valence-electron chi connectivity index (χ0n) is 20.3. The second-order valence-corrected chi connectivity index (χ2v) is 9.50. The number of rotatable bonds is 7. The molecule has 0 saturated carbocycles. The van der Waals surface area contributed by atoms with Crippen molar-refractivity contribution in [3.63, 3.8) is 0 Å². The van der Waals surface area contributed by atoms with Gasteiger partial charge in [0, 0.05) is 55.9 Å². The van der Waals surface area contributed by atoms with E-state index in [1.807, 2.05) is 17.0 Å². The summed E-state index contributed by atoms with van der Waals surface area (Å²) < 4.78 is 0. The Kier molecular flexibility index (Phi) is 7.52. The molecule has 0 spiro atoms. The third-order valence-corrected chi connectivity index (χ3v) is 6.44. The van der Waals surface area contributed by atoms with Crippen LogP contribution in [0.2, 0.25) is 0 Å². The summed E-state index contributed by atoms with van der Waals surface area (Å²) in [5.41, 5.74) is 7.55. The first-order valence-corrected chi connectivity index (χ1v) is 12.3. The van der Waals surface area contributed by atoms with Crippen LogP contribution >= 0.6 is 0 Å². The molecular weight excluding hydrogens is 448 g/mol. The number of hydrogen-bond donors (Lipinski definition) is 4. The van der Waals surface area contributed by atoms with Crippen LogP contribution in [0.15, 0.2) is 18.3 Å². The van der Waals surface area contributed by atoms with Gasteiger partial charge in [0.1, 0.15) is 17.2 Å². The largest absolute Gasteiger partial charge is 0.465 e. The third kappa shape index (κ3) is 6.09. The number of carbonyl (C=O) groups excluding carboxylic acids is 1. The minimum atomic E-state index is -1.05. The van der Waals surface area contributed by atoms with E-state index in [1.165, 1.54) is 12.6 Å². The van der Waals surface area contributed by atoms with Crippen molar-refractivity contribution in [1.29, 1.82) is 0 Å². The van der Waals surface area contributed by atoms with Crippen LogP contribution in [-0.2, 0) is 0 Å². The highest BCUT2D eigenvalue weighted by Crippen LogP contribution is 2.29. The average Bonchev–Trinajstić information content (AvgIpc) is 2.84. The first-order valence-electron chi connectivity index (χ1n) is 12.3. The molecule has 35 heavy (non-hydrogen) atoms. The van der Waals surface area contributed by atoms with Crippen molar-refractivity contribution < 1.29 is 14.7 Å². The van der Waals surface area contributed by atoms with E-state index in [9.17, 15) is 9.59 Å². The summed E-state index contributed by atoms with van der Waals surface area (Å²) in [4.78, 5) is 41.3. The lowest BCUT2D eigenvalue weighted by Crippen LogP contribution is -2.48. The van der Waals surface area contributed by atoms with E-state index in [4.69, 9.17) is 15.8 Å². The van der Waals surface area contributed by atoms with Crippen molar-refractivity contribution in [2.75, 3.05) is 41.3 Å². The highest BCUT2D eigenvalue weighted by Gasteiger charge is 2.25. The molecule has 2 aromatic rings. The number of carbonyl (C=O) groups is 2. The van der Waals surface area contributed by atoms with Crippen molar-refractivity contribution in [3.8, 4) is 0 Å². The predicted octanol–water partition coefficient (Wildman–Crippen LogP) is 3.06. The minimum absolute atomic E-state index is 0.188. The topological polar surface area (TPSA) is 150 Å². The molecule has 5 N–H and O–H groups in total. The maximum absolute atomic E-state index is 12.2. The number of pyridine rings is 1. The first kappa shape index (κ1) is 24.5. The number of carboxylic acid groups (broad SMARTS) is 1. The van der Waals surface area contributed by atoms with Gasteiger partial charge < -0.3 is 31.3 Å². The summed E-state index contributed by atoms with van der Waals surface area (Å²) in [6, 6.07) is 3.74. The van der Waals surface area contributed by atoms with E-state index >= 15 is 0 Å². The number of piperidine rings is 2. The van der Waals surface area contributed by atoms with Gasteiger partial charge in [0.25, 0.3) is 5.91 Å². The Morgan fingerprint density at radius 1 is 1.09 bits per heavy atom. The summed E-state index contributed by atoms with van der Waals surface area (Å²) >= 11 is 0. The van der Waals surface area contributed by atoms with Crippen LogP contribution in [-0.4, -0.2) is 64.3 Å². The normalized spacial score (nSPS) is 18.4. The zero-order valence-corrected chi connectivity index (χ0v) is 20.3. The predicted molar refractivity (Wildman–Crippen MR) is 135 cm³/mol. The summed E-state index contributed by atoms with van der Waals surface area (Å²) in [6.45, 7) is 7.28. The lowest BCUT2D eigenvalue weighted by molar-refractivity contribution is 0.100. The van der Waals surface area contributed by atoms with Gasteiger partial charge in [-0.05, 0) is 44.1 Å². The van der Waals surface area contributed by atoms with Crippen molar-refractivity contribution >= 4 is 35.3 Å². The number of nitrogens with two attached hydrogens (primary N) is 1. The van der Waals surface area contributed by atoms with Gasteiger partial charge >= 0.3 is 6.09 Å². The molecule has 4 heterocycles. The van der Waals surface area contributed by atoms with Crippen molar-refractivity contribution in [3.05, 3.63) is 29.6 Å². The van der Waals surface area contributed by atoms with Gasteiger partial charge in [-0.2, -0.15) is 4.98 Å². The van der Waals surface area contributed by atoms with Crippen LogP contribution in [0.3, 0.4) is 0 Å². The first-order chi connectivity index (χ1) is 16.8. The molecule has 2 aliphatic rings. The molecule has 2 amide bonds. The molecule has 0 radical (unpaired) electrons. The molecule has 11 nitrogen and oxygen atoms in total. The van der Waals surface area contributed by atoms with E-state index in [-0.39, 0.29) is 17.5 Å². The van der Waals surface area contributed by atoms with Crippen molar-refractivity contribution in [2.45, 2.75) is 57.9 Å². The lowest BCUT2D eigenvalue weighted by atomic mass is 10.1. The fraction of sp³-hybridized carbons (Fsp3) is 0.542. The molecule has 2 saturated heterocycles. The number of primary amides is 1. The van der Waals surface area contributed by atoms with Crippen LogP contribution in [0, 0.1) is 0 Å². The van der Waals surface area contributed by atoms with Gasteiger partial charge in [-0.3, -0.25) is 4.79 Å². The standard InChI is InChI=1S/C24H34N8O3/c1-15(2)19-11-17(12-20(29-19)31-8-4-3-5-9-31)27-22-18(21(25)33)13-26-23(30-22)32-10-6-7-16(14-32)28-24(34)35/h11-13,15-16,28H,3-10,14H2,1-2H3,(H2,25,33)(H,34,35)(H,26,27,29,30). The average molecular weight is 483 g/mol. The summed E-state index contributed by atoms with van der Waals surface area (Å²) in [7, 11) is 0. The quantitative estimate of drug-likeness (QED) is 0.467. The number of anilines is 4. The summed E-state index contributed by atoms with van der Waals surface area (Å²) in [6.07, 6.45) is 5.45. The van der Waals surface area contributed by atoms with Crippen molar-refractivity contribution in [1.82, 2.24) is 20.3 Å². The molecule has 2 fully saturated rings. The molecule has 188 valence electrons. The zero-order chi connectivity index (χ0) is 24.9. The highest BCUT2D eigenvalue weighted by molar-refractivity contribution is 5.98.